The van der Waals surface area contributed by atoms with Gasteiger partial charge < -0.3 is 4.84 Å². The van der Waals surface area contributed by atoms with Gasteiger partial charge in [0.1, 0.15) is 6.61 Å². The number of halogens is 2. The Kier molecular flexibility index (Phi) is 3.81. The van der Waals surface area contributed by atoms with Crippen LogP contribution in [0.3, 0.4) is 0 Å². The lowest BCUT2D eigenvalue weighted by Crippen LogP contribution is -2.18. The number of nitrogens with zero attached hydrogens (tertiary/aromatic N) is 1. The molecule has 19 heavy (non-hydrogen) atoms. The van der Waals surface area contributed by atoms with Gasteiger partial charge in [-0.1, -0.05) is 5.16 Å². The van der Waals surface area contributed by atoms with Crippen LogP contribution in [-0.4, -0.2) is 33.1 Å². The molecule has 2 rings (SSSR count). The molecule has 1 unspecified atom stereocenters. The standard InChI is InChI=1S/C11H11F2NO4S/c1-19(15,16)17-6-8-5-11(14-18-8)7-2-3-9(12)10(13)4-7/h2-4,8H,5-6H2,1H3. The zero-order valence-electron chi connectivity index (χ0n) is 9.97. The van der Waals surface area contributed by atoms with E-state index in [0.29, 0.717) is 11.3 Å². The van der Waals surface area contributed by atoms with Crippen LogP contribution in [0.4, 0.5) is 8.78 Å². The fourth-order valence-electron chi connectivity index (χ4n) is 1.56. The highest BCUT2D eigenvalue weighted by Gasteiger charge is 2.24. The summed E-state index contributed by atoms with van der Waals surface area (Å²) < 4.78 is 52.1. The molecule has 1 heterocycles. The number of benzene rings is 1. The summed E-state index contributed by atoms with van der Waals surface area (Å²) in [4.78, 5) is 4.97. The van der Waals surface area contributed by atoms with Crippen molar-refractivity contribution in [2.45, 2.75) is 12.5 Å². The van der Waals surface area contributed by atoms with Crippen molar-refractivity contribution in [3.63, 3.8) is 0 Å². The molecule has 0 N–H and O–H groups in total. The largest absolute Gasteiger partial charge is 0.389 e. The molecule has 0 aliphatic carbocycles. The molecule has 5 nitrogen and oxygen atoms in total. The monoisotopic (exact) mass is 291 g/mol. The van der Waals surface area contributed by atoms with Crippen LogP contribution in [-0.2, 0) is 19.1 Å². The molecule has 0 aromatic heterocycles. The second-order valence-electron chi connectivity index (χ2n) is 4.09. The van der Waals surface area contributed by atoms with Crippen LogP contribution < -0.4 is 0 Å². The molecular weight excluding hydrogens is 280 g/mol. The molecule has 1 aromatic rings. The third kappa shape index (κ3) is 3.71. The summed E-state index contributed by atoms with van der Waals surface area (Å²) in [5.74, 6) is -1.92. The molecule has 1 atom stereocenters. The Morgan fingerprint density at radius 1 is 1.42 bits per heavy atom. The van der Waals surface area contributed by atoms with Crippen molar-refractivity contribution < 1.29 is 26.2 Å². The van der Waals surface area contributed by atoms with E-state index < -0.39 is 27.9 Å². The van der Waals surface area contributed by atoms with Gasteiger partial charge in [-0.25, -0.2) is 8.78 Å². The Bertz CT molecular complexity index is 615. The van der Waals surface area contributed by atoms with Crippen LogP contribution >= 0.6 is 0 Å². The molecule has 0 saturated carbocycles. The molecule has 1 aliphatic heterocycles. The lowest BCUT2D eigenvalue weighted by Gasteiger charge is -2.06. The zero-order chi connectivity index (χ0) is 14.0. The van der Waals surface area contributed by atoms with E-state index in [1.807, 2.05) is 0 Å². The highest BCUT2D eigenvalue weighted by atomic mass is 32.2. The molecule has 1 aliphatic rings. The first kappa shape index (κ1) is 13.9. The average Bonchev–Trinajstić information content (AvgIpc) is 2.78. The average molecular weight is 291 g/mol. The van der Waals surface area contributed by atoms with Gasteiger partial charge in [-0.05, 0) is 18.2 Å². The maximum atomic E-state index is 13.1. The number of hydrogen-bond donors (Lipinski definition) is 0. The van der Waals surface area contributed by atoms with E-state index in [0.717, 1.165) is 18.4 Å². The molecule has 0 saturated heterocycles. The minimum atomic E-state index is -3.55. The van der Waals surface area contributed by atoms with Gasteiger partial charge in [0.15, 0.2) is 17.7 Å². The van der Waals surface area contributed by atoms with Gasteiger partial charge in [0.25, 0.3) is 10.1 Å². The summed E-state index contributed by atoms with van der Waals surface area (Å²) >= 11 is 0. The molecule has 8 heteroatoms. The van der Waals surface area contributed by atoms with Gasteiger partial charge in [0, 0.05) is 12.0 Å². The SMILES string of the molecule is CS(=O)(=O)OCC1CC(c2ccc(F)c(F)c2)=NO1. The Hall–Kier alpha value is -1.54. The molecular formula is C11H11F2NO4S. The molecule has 1 aromatic carbocycles. The normalized spacial score (nSPS) is 19.1. The van der Waals surface area contributed by atoms with Gasteiger partial charge in [-0.3, -0.25) is 4.18 Å². The molecule has 0 bridgehead atoms. The highest BCUT2D eigenvalue weighted by Crippen LogP contribution is 2.19. The van der Waals surface area contributed by atoms with Crippen LogP contribution in [0, 0.1) is 11.6 Å². The molecule has 0 fully saturated rings. The first-order chi connectivity index (χ1) is 8.85. The smallest absolute Gasteiger partial charge is 0.264 e. The number of rotatable bonds is 4. The summed E-state index contributed by atoms with van der Waals surface area (Å²) in [6, 6.07) is 3.38. The van der Waals surface area contributed by atoms with E-state index in [1.54, 1.807) is 0 Å². The Morgan fingerprint density at radius 2 is 2.16 bits per heavy atom. The Labute approximate surface area is 108 Å². The summed E-state index contributed by atoms with van der Waals surface area (Å²) in [7, 11) is -3.55. The molecule has 0 spiro atoms. The van der Waals surface area contributed by atoms with E-state index in [2.05, 4.69) is 9.34 Å². The first-order valence-corrected chi connectivity index (χ1v) is 7.19. The lowest BCUT2D eigenvalue weighted by molar-refractivity contribution is 0.0493. The van der Waals surface area contributed by atoms with Crippen LogP contribution in [0.15, 0.2) is 23.4 Å². The van der Waals surface area contributed by atoms with Crippen LogP contribution in [0.25, 0.3) is 0 Å². The van der Waals surface area contributed by atoms with Crippen molar-refractivity contribution in [2.75, 3.05) is 12.9 Å². The van der Waals surface area contributed by atoms with Crippen molar-refractivity contribution in [1.82, 2.24) is 0 Å². The second-order valence-corrected chi connectivity index (χ2v) is 5.73. The Balaban J connectivity index is 1.99. The van der Waals surface area contributed by atoms with Gasteiger partial charge in [-0.15, -0.1) is 0 Å². The number of hydrogen-bond acceptors (Lipinski definition) is 5. The molecule has 0 radical (unpaired) electrons. The zero-order valence-corrected chi connectivity index (χ0v) is 10.8. The fourth-order valence-corrected chi connectivity index (χ4v) is 1.96. The van der Waals surface area contributed by atoms with Gasteiger partial charge in [-0.2, -0.15) is 8.42 Å². The van der Waals surface area contributed by atoms with E-state index in [1.165, 1.54) is 6.07 Å². The van der Waals surface area contributed by atoms with E-state index >= 15 is 0 Å². The topological polar surface area (TPSA) is 65.0 Å². The van der Waals surface area contributed by atoms with Gasteiger partial charge in [0.2, 0.25) is 0 Å². The van der Waals surface area contributed by atoms with E-state index in [-0.39, 0.29) is 13.0 Å². The summed E-state index contributed by atoms with van der Waals surface area (Å²) in [6.07, 6.45) is 0.637. The van der Waals surface area contributed by atoms with Crippen molar-refractivity contribution >= 4 is 15.8 Å². The van der Waals surface area contributed by atoms with Crippen molar-refractivity contribution in [3.8, 4) is 0 Å². The molecule has 0 amide bonds. The van der Waals surface area contributed by atoms with Crippen molar-refractivity contribution in [3.05, 3.63) is 35.4 Å². The van der Waals surface area contributed by atoms with Crippen molar-refractivity contribution in [2.24, 2.45) is 5.16 Å². The van der Waals surface area contributed by atoms with E-state index in [9.17, 15) is 17.2 Å². The fraction of sp³-hybridized carbons (Fsp3) is 0.364. The minimum absolute atomic E-state index is 0.171. The van der Waals surface area contributed by atoms with Gasteiger partial charge >= 0.3 is 0 Å². The first-order valence-electron chi connectivity index (χ1n) is 5.37. The Morgan fingerprint density at radius 3 is 2.79 bits per heavy atom. The minimum Gasteiger partial charge on any atom is -0.389 e. The third-order valence-electron chi connectivity index (χ3n) is 2.45. The summed E-state index contributed by atoms with van der Waals surface area (Å²) in [6.45, 7) is -0.171. The quantitative estimate of drug-likeness (QED) is 0.787. The predicted octanol–water partition coefficient (Wildman–Crippen LogP) is 1.43. The maximum absolute atomic E-state index is 13.1. The van der Waals surface area contributed by atoms with Gasteiger partial charge in [0.05, 0.1) is 12.0 Å². The lowest BCUT2D eigenvalue weighted by atomic mass is 10.1. The van der Waals surface area contributed by atoms with Crippen LogP contribution in [0.1, 0.15) is 12.0 Å². The van der Waals surface area contributed by atoms with Crippen LogP contribution in [0.2, 0.25) is 0 Å². The second kappa shape index (κ2) is 5.22. The number of oxime groups is 1. The van der Waals surface area contributed by atoms with Crippen molar-refractivity contribution in [1.29, 1.82) is 0 Å². The molecule has 104 valence electrons. The third-order valence-corrected chi connectivity index (χ3v) is 3.02. The highest BCUT2D eigenvalue weighted by molar-refractivity contribution is 7.85. The predicted molar refractivity (Wildman–Crippen MR) is 63.2 cm³/mol. The summed E-state index contributed by atoms with van der Waals surface area (Å²) in [5.41, 5.74) is 0.807. The van der Waals surface area contributed by atoms with Crippen LogP contribution in [0.5, 0.6) is 0 Å². The van der Waals surface area contributed by atoms with E-state index in [4.69, 9.17) is 4.84 Å². The maximum Gasteiger partial charge on any atom is 0.264 e. The summed E-state index contributed by atoms with van der Waals surface area (Å²) in [5, 5.41) is 3.71.